The predicted molar refractivity (Wildman–Crippen MR) is 71.8 cm³/mol. The van der Waals surface area contributed by atoms with Crippen molar-refractivity contribution in [3.05, 3.63) is 60.2 Å². The first kappa shape index (κ1) is 12.1. The Balaban J connectivity index is 2.13. The minimum Gasteiger partial charge on any atom is -0.444 e. The van der Waals surface area contributed by atoms with E-state index in [4.69, 9.17) is 9.05 Å². The highest BCUT2D eigenvalue weighted by Crippen LogP contribution is 2.37. The first-order chi connectivity index (χ1) is 8.29. The topological polar surface area (TPSA) is 18.5 Å². The fraction of sp³-hybridized carbons (Fsp3) is 0.143. The summed E-state index contributed by atoms with van der Waals surface area (Å²) in [6.45, 7) is 2.06. The largest absolute Gasteiger partial charge is 0.444 e. The molecular weight excluding hydrogens is 231 g/mol. The van der Waals surface area contributed by atoms with E-state index in [0.29, 0.717) is 0 Å². The van der Waals surface area contributed by atoms with Crippen molar-refractivity contribution in [3.8, 4) is 5.75 Å². The van der Waals surface area contributed by atoms with E-state index in [1.54, 1.807) is 7.11 Å². The summed E-state index contributed by atoms with van der Waals surface area (Å²) in [5.74, 6) is 0.840. The van der Waals surface area contributed by atoms with Crippen LogP contribution in [-0.4, -0.2) is 7.11 Å². The molecule has 0 aliphatic carbocycles. The summed E-state index contributed by atoms with van der Waals surface area (Å²) in [5.41, 5.74) is 1.22. The Labute approximate surface area is 103 Å². The standard InChI is InChI=1S/C14H15O2P/c1-12-8-10-13(11-9-12)16-17(15-2)14-6-4-3-5-7-14/h3-11H,1-2H3. The zero-order valence-corrected chi connectivity index (χ0v) is 10.9. The van der Waals surface area contributed by atoms with E-state index < -0.39 is 8.38 Å². The number of hydrogen-bond acceptors (Lipinski definition) is 2. The van der Waals surface area contributed by atoms with Crippen molar-refractivity contribution in [2.75, 3.05) is 7.11 Å². The molecule has 1 unspecified atom stereocenters. The van der Waals surface area contributed by atoms with Crippen LogP contribution in [0.1, 0.15) is 5.56 Å². The Hall–Kier alpha value is -1.37. The van der Waals surface area contributed by atoms with Crippen LogP contribution in [0.5, 0.6) is 5.75 Å². The molecule has 0 saturated heterocycles. The number of rotatable bonds is 4. The molecule has 3 heteroatoms. The molecule has 0 heterocycles. The Kier molecular flexibility index (Phi) is 4.13. The van der Waals surface area contributed by atoms with E-state index in [9.17, 15) is 0 Å². The normalized spacial score (nSPS) is 12.1. The maximum absolute atomic E-state index is 5.85. The van der Waals surface area contributed by atoms with Crippen LogP contribution in [0.2, 0.25) is 0 Å². The highest BCUT2D eigenvalue weighted by molar-refractivity contribution is 7.56. The van der Waals surface area contributed by atoms with Gasteiger partial charge in [-0.05, 0) is 31.2 Å². The van der Waals surface area contributed by atoms with Gasteiger partial charge >= 0.3 is 0 Å². The SMILES string of the molecule is COP(Oc1ccc(C)cc1)c1ccccc1. The van der Waals surface area contributed by atoms with Crippen LogP contribution in [-0.2, 0) is 4.52 Å². The van der Waals surface area contributed by atoms with Gasteiger partial charge in [0.15, 0.2) is 0 Å². The summed E-state index contributed by atoms with van der Waals surface area (Å²) >= 11 is 0. The summed E-state index contributed by atoms with van der Waals surface area (Å²) in [6, 6.07) is 18.0. The van der Waals surface area contributed by atoms with Crippen LogP contribution < -0.4 is 9.83 Å². The van der Waals surface area contributed by atoms with Gasteiger partial charge in [0.05, 0.1) is 0 Å². The smallest absolute Gasteiger partial charge is 0.264 e. The monoisotopic (exact) mass is 246 g/mol. The van der Waals surface area contributed by atoms with Gasteiger partial charge in [-0.25, -0.2) is 0 Å². The molecule has 0 bridgehead atoms. The van der Waals surface area contributed by atoms with Crippen LogP contribution in [0, 0.1) is 6.92 Å². The molecule has 0 aromatic heterocycles. The lowest BCUT2D eigenvalue weighted by atomic mass is 10.2. The average Bonchev–Trinajstić information content (AvgIpc) is 2.39. The summed E-state index contributed by atoms with van der Waals surface area (Å²) in [5, 5.41) is 1.07. The Morgan fingerprint density at radius 1 is 0.882 bits per heavy atom. The van der Waals surface area contributed by atoms with E-state index in [-0.39, 0.29) is 0 Å². The number of benzene rings is 2. The van der Waals surface area contributed by atoms with E-state index in [1.807, 2.05) is 54.6 Å². The molecule has 0 amide bonds. The van der Waals surface area contributed by atoms with Gasteiger partial charge in [-0.15, -0.1) is 0 Å². The molecule has 2 aromatic rings. The number of aryl methyl sites for hydroxylation is 1. The third-order valence-electron chi connectivity index (χ3n) is 2.34. The molecule has 0 fully saturated rings. The summed E-state index contributed by atoms with van der Waals surface area (Å²) in [7, 11) is 0.634. The Morgan fingerprint density at radius 3 is 2.12 bits per heavy atom. The van der Waals surface area contributed by atoms with Crippen molar-refractivity contribution >= 4 is 13.7 Å². The Bertz CT molecular complexity index is 453. The van der Waals surface area contributed by atoms with Gasteiger partial charge in [-0.2, -0.15) is 0 Å². The quantitative estimate of drug-likeness (QED) is 0.766. The molecular formula is C14H15O2P. The van der Waals surface area contributed by atoms with Crippen LogP contribution in [0.15, 0.2) is 54.6 Å². The van der Waals surface area contributed by atoms with Crippen molar-refractivity contribution in [2.24, 2.45) is 0 Å². The molecule has 17 heavy (non-hydrogen) atoms. The van der Waals surface area contributed by atoms with Gasteiger partial charge in [0.1, 0.15) is 5.75 Å². The first-order valence-electron chi connectivity index (χ1n) is 5.43. The molecule has 88 valence electrons. The van der Waals surface area contributed by atoms with Crippen molar-refractivity contribution < 1.29 is 9.05 Å². The average molecular weight is 246 g/mol. The van der Waals surface area contributed by atoms with Gasteiger partial charge in [-0.3, -0.25) is 0 Å². The molecule has 2 rings (SSSR count). The lowest BCUT2D eigenvalue weighted by Crippen LogP contribution is -2.05. The molecule has 2 nitrogen and oxygen atoms in total. The molecule has 0 aliphatic heterocycles. The lowest BCUT2D eigenvalue weighted by Gasteiger charge is -2.15. The van der Waals surface area contributed by atoms with Crippen LogP contribution in [0.25, 0.3) is 0 Å². The van der Waals surface area contributed by atoms with E-state index in [2.05, 4.69) is 6.92 Å². The van der Waals surface area contributed by atoms with Gasteiger partial charge in [0.25, 0.3) is 8.38 Å². The predicted octanol–water partition coefficient (Wildman–Crippen LogP) is 3.66. The fourth-order valence-electron chi connectivity index (χ4n) is 1.44. The molecule has 0 spiro atoms. The van der Waals surface area contributed by atoms with Crippen molar-refractivity contribution in [3.63, 3.8) is 0 Å². The van der Waals surface area contributed by atoms with Crippen molar-refractivity contribution in [1.29, 1.82) is 0 Å². The number of hydrogen-bond donors (Lipinski definition) is 0. The van der Waals surface area contributed by atoms with E-state index >= 15 is 0 Å². The molecule has 0 saturated carbocycles. The molecule has 0 N–H and O–H groups in total. The second-order valence-electron chi connectivity index (χ2n) is 3.68. The zero-order chi connectivity index (χ0) is 12.1. The molecule has 0 radical (unpaired) electrons. The summed E-state index contributed by atoms with van der Waals surface area (Å²) in [6.07, 6.45) is 0. The van der Waals surface area contributed by atoms with Gasteiger partial charge in [0.2, 0.25) is 0 Å². The zero-order valence-electron chi connectivity index (χ0n) is 9.96. The van der Waals surface area contributed by atoms with Crippen LogP contribution in [0.4, 0.5) is 0 Å². The highest BCUT2D eigenvalue weighted by Gasteiger charge is 2.13. The maximum atomic E-state index is 5.85. The van der Waals surface area contributed by atoms with Gasteiger partial charge in [-0.1, -0.05) is 35.9 Å². The summed E-state index contributed by atoms with van der Waals surface area (Å²) < 4.78 is 11.3. The summed E-state index contributed by atoms with van der Waals surface area (Å²) in [4.78, 5) is 0. The third-order valence-corrected chi connectivity index (χ3v) is 3.77. The van der Waals surface area contributed by atoms with E-state index in [1.165, 1.54) is 5.56 Å². The minimum absolute atomic E-state index is 0.840. The minimum atomic E-state index is -1.04. The third kappa shape index (κ3) is 3.29. The highest BCUT2D eigenvalue weighted by atomic mass is 31.2. The Morgan fingerprint density at radius 2 is 1.53 bits per heavy atom. The van der Waals surface area contributed by atoms with Gasteiger partial charge < -0.3 is 9.05 Å². The molecule has 0 aliphatic rings. The van der Waals surface area contributed by atoms with Crippen LogP contribution >= 0.6 is 8.38 Å². The maximum Gasteiger partial charge on any atom is 0.264 e. The fourth-order valence-corrected chi connectivity index (χ4v) is 2.56. The second kappa shape index (κ2) is 5.81. The second-order valence-corrected chi connectivity index (χ2v) is 5.26. The van der Waals surface area contributed by atoms with Crippen molar-refractivity contribution in [2.45, 2.75) is 6.92 Å². The van der Waals surface area contributed by atoms with Crippen molar-refractivity contribution in [1.82, 2.24) is 0 Å². The molecule has 2 aromatic carbocycles. The lowest BCUT2D eigenvalue weighted by molar-refractivity contribution is 0.405. The van der Waals surface area contributed by atoms with Crippen LogP contribution in [0.3, 0.4) is 0 Å². The van der Waals surface area contributed by atoms with E-state index in [0.717, 1.165) is 11.1 Å². The first-order valence-corrected chi connectivity index (χ1v) is 6.61. The molecule has 1 atom stereocenters. The van der Waals surface area contributed by atoms with Gasteiger partial charge in [0, 0.05) is 12.4 Å².